The van der Waals surface area contributed by atoms with Crippen molar-refractivity contribution in [2.75, 3.05) is 0 Å². The molecular formula is C30H20N6. The van der Waals surface area contributed by atoms with Crippen LogP contribution in [0.3, 0.4) is 0 Å². The minimum Gasteiger partial charge on any atom is -0.308 e. The van der Waals surface area contributed by atoms with Crippen LogP contribution in [0.5, 0.6) is 0 Å². The molecule has 6 nitrogen and oxygen atoms in total. The van der Waals surface area contributed by atoms with Gasteiger partial charge in [-0.25, -0.2) is 4.98 Å². The van der Waals surface area contributed by atoms with Crippen LogP contribution in [0.25, 0.3) is 56.1 Å². The average molecular weight is 465 g/mol. The Kier molecular flexibility index (Phi) is 4.67. The predicted octanol–water partition coefficient (Wildman–Crippen LogP) is 6.49. The van der Waals surface area contributed by atoms with Crippen molar-refractivity contribution >= 4 is 21.8 Å². The van der Waals surface area contributed by atoms with Crippen LogP contribution in [0.1, 0.15) is 0 Å². The van der Waals surface area contributed by atoms with Gasteiger partial charge in [0, 0.05) is 34.3 Å². The van der Waals surface area contributed by atoms with Crippen LogP contribution in [-0.4, -0.2) is 29.3 Å². The molecule has 0 N–H and O–H groups in total. The fraction of sp³-hybridized carbons (Fsp3) is 0. The van der Waals surface area contributed by atoms with E-state index in [0.29, 0.717) is 5.82 Å². The summed E-state index contributed by atoms with van der Waals surface area (Å²) < 4.78 is 4.25. The maximum atomic E-state index is 4.90. The molecule has 0 fully saturated rings. The smallest absolute Gasteiger partial charge is 0.171 e. The fourth-order valence-electron chi connectivity index (χ4n) is 4.80. The quantitative estimate of drug-likeness (QED) is 0.299. The summed E-state index contributed by atoms with van der Waals surface area (Å²) in [6.45, 7) is 0. The van der Waals surface area contributed by atoms with Gasteiger partial charge in [-0.05, 0) is 36.4 Å². The van der Waals surface area contributed by atoms with Crippen molar-refractivity contribution in [3.05, 3.63) is 122 Å². The van der Waals surface area contributed by atoms with Gasteiger partial charge < -0.3 is 4.57 Å². The van der Waals surface area contributed by atoms with Crippen LogP contribution < -0.4 is 0 Å². The van der Waals surface area contributed by atoms with Gasteiger partial charge in [0.15, 0.2) is 11.6 Å². The molecule has 7 rings (SSSR count). The Morgan fingerprint density at radius 1 is 0.500 bits per heavy atom. The summed E-state index contributed by atoms with van der Waals surface area (Å²) in [7, 11) is 0. The first-order valence-electron chi connectivity index (χ1n) is 11.7. The Bertz CT molecular complexity index is 1710. The van der Waals surface area contributed by atoms with Crippen LogP contribution in [0, 0.1) is 0 Å². The Morgan fingerprint density at radius 3 is 1.78 bits per heavy atom. The van der Waals surface area contributed by atoms with Gasteiger partial charge in [-0.2, -0.15) is 0 Å². The Hall–Kier alpha value is -5.10. The van der Waals surface area contributed by atoms with E-state index in [4.69, 9.17) is 4.98 Å². The summed E-state index contributed by atoms with van der Waals surface area (Å²) in [4.78, 5) is 9.18. The van der Waals surface area contributed by atoms with E-state index in [1.807, 2.05) is 59.3 Å². The monoisotopic (exact) mass is 464 g/mol. The van der Waals surface area contributed by atoms with E-state index < -0.39 is 0 Å². The molecule has 0 unspecified atom stereocenters. The van der Waals surface area contributed by atoms with Gasteiger partial charge >= 0.3 is 0 Å². The van der Waals surface area contributed by atoms with E-state index >= 15 is 0 Å². The molecule has 0 saturated heterocycles. The van der Waals surface area contributed by atoms with E-state index in [2.05, 4.69) is 74.3 Å². The highest BCUT2D eigenvalue weighted by Gasteiger charge is 2.19. The summed E-state index contributed by atoms with van der Waals surface area (Å²) in [5, 5.41) is 11.5. The highest BCUT2D eigenvalue weighted by Crippen LogP contribution is 2.32. The largest absolute Gasteiger partial charge is 0.308 e. The lowest BCUT2D eigenvalue weighted by molar-refractivity contribution is 0.994. The molecule has 0 bridgehead atoms. The van der Waals surface area contributed by atoms with Gasteiger partial charge in [-0.1, -0.05) is 66.7 Å². The average Bonchev–Trinajstić information content (AvgIpc) is 3.54. The second-order valence-electron chi connectivity index (χ2n) is 8.53. The number of benzene rings is 3. The van der Waals surface area contributed by atoms with Crippen molar-refractivity contribution in [2.24, 2.45) is 0 Å². The number of rotatable bonds is 4. The molecule has 6 heteroatoms. The molecule has 4 heterocycles. The third kappa shape index (κ3) is 3.20. The van der Waals surface area contributed by atoms with E-state index in [9.17, 15) is 0 Å². The van der Waals surface area contributed by atoms with E-state index in [-0.39, 0.29) is 0 Å². The van der Waals surface area contributed by atoms with Gasteiger partial charge in [-0.3, -0.25) is 9.55 Å². The second-order valence-corrected chi connectivity index (χ2v) is 8.53. The fourth-order valence-corrected chi connectivity index (χ4v) is 4.80. The molecule has 3 aromatic carbocycles. The van der Waals surface area contributed by atoms with E-state index in [1.165, 1.54) is 10.8 Å². The van der Waals surface area contributed by atoms with E-state index in [0.717, 1.165) is 39.5 Å². The molecule has 4 aromatic heterocycles. The van der Waals surface area contributed by atoms with Gasteiger partial charge in [0.1, 0.15) is 5.82 Å². The lowest BCUT2D eigenvalue weighted by Gasteiger charge is -2.12. The first-order valence-corrected chi connectivity index (χ1v) is 11.7. The molecule has 0 aliphatic heterocycles. The van der Waals surface area contributed by atoms with Crippen molar-refractivity contribution in [3.8, 4) is 34.3 Å². The van der Waals surface area contributed by atoms with Crippen LogP contribution in [0.15, 0.2) is 122 Å². The molecule has 36 heavy (non-hydrogen) atoms. The first kappa shape index (κ1) is 20.3. The zero-order chi connectivity index (χ0) is 23.9. The third-order valence-electron chi connectivity index (χ3n) is 6.41. The highest BCUT2D eigenvalue weighted by molar-refractivity contribution is 6.09. The lowest BCUT2D eigenvalue weighted by atomic mass is 10.2. The molecule has 0 saturated carbocycles. The molecule has 7 aromatic rings. The number of pyridine rings is 2. The van der Waals surface area contributed by atoms with Crippen molar-refractivity contribution in [1.29, 1.82) is 0 Å². The predicted molar refractivity (Wildman–Crippen MR) is 142 cm³/mol. The van der Waals surface area contributed by atoms with E-state index in [1.54, 1.807) is 12.4 Å². The topological polar surface area (TPSA) is 61.4 Å². The number of nitrogens with zero attached hydrogens (tertiary/aromatic N) is 6. The Morgan fingerprint density at radius 2 is 1.14 bits per heavy atom. The number of hydrogen-bond donors (Lipinski definition) is 0. The van der Waals surface area contributed by atoms with Crippen molar-refractivity contribution in [1.82, 2.24) is 29.3 Å². The lowest BCUT2D eigenvalue weighted by Crippen LogP contribution is -2.04. The van der Waals surface area contributed by atoms with Crippen LogP contribution in [-0.2, 0) is 0 Å². The SMILES string of the molecule is c1ccc(-c2nnc(-c3cccnc3)n2-c2ccc(-n3c4ccccc4c4ccccc43)cn2)cc1. The minimum absolute atomic E-state index is 0.694. The zero-order valence-electron chi connectivity index (χ0n) is 19.2. The minimum atomic E-state index is 0.694. The molecule has 0 radical (unpaired) electrons. The Balaban J connectivity index is 1.41. The van der Waals surface area contributed by atoms with Crippen molar-refractivity contribution < 1.29 is 0 Å². The summed E-state index contributed by atoms with van der Waals surface area (Å²) in [6, 6.07) is 35.0. The van der Waals surface area contributed by atoms with Crippen LogP contribution >= 0.6 is 0 Å². The maximum Gasteiger partial charge on any atom is 0.171 e. The summed E-state index contributed by atoms with van der Waals surface area (Å²) in [5.74, 6) is 2.16. The molecule has 170 valence electrons. The van der Waals surface area contributed by atoms with Crippen LogP contribution in [0.2, 0.25) is 0 Å². The summed E-state index contributed by atoms with van der Waals surface area (Å²) >= 11 is 0. The highest BCUT2D eigenvalue weighted by atomic mass is 15.3. The van der Waals surface area contributed by atoms with Gasteiger partial charge in [0.05, 0.1) is 22.9 Å². The molecule has 0 aliphatic carbocycles. The second kappa shape index (κ2) is 8.29. The number of aromatic nitrogens is 6. The van der Waals surface area contributed by atoms with Gasteiger partial charge in [0.2, 0.25) is 0 Å². The van der Waals surface area contributed by atoms with Crippen molar-refractivity contribution in [3.63, 3.8) is 0 Å². The molecule has 0 atom stereocenters. The standard InChI is InChI=1S/C30H20N6/c1-2-9-21(10-3-1)29-33-34-30(22-11-8-18-31-19-22)36(29)28-17-16-23(20-32-28)35-26-14-6-4-12-24(26)25-13-5-7-15-27(25)35/h1-20H. The molecular weight excluding hydrogens is 444 g/mol. The number of fused-ring (bicyclic) bond motifs is 3. The van der Waals surface area contributed by atoms with Gasteiger partial charge in [-0.15, -0.1) is 10.2 Å². The molecule has 0 amide bonds. The van der Waals surface area contributed by atoms with Crippen molar-refractivity contribution in [2.45, 2.75) is 0 Å². The number of hydrogen-bond acceptors (Lipinski definition) is 4. The normalized spacial score (nSPS) is 11.3. The third-order valence-corrected chi connectivity index (χ3v) is 6.41. The summed E-state index contributed by atoms with van der Waals surface area (Å²) in [6.07, 6.45) is 5.46. The molecule has 0 aliphatic rings. The molecule has 0 spiro atoms. The Labute approximate surface area is 207 Å². The van der Waals surface area contributed by atoms with Crippen LogP contribution in [0.4, 0.5) is 0 Å². The zero-order valence-corrected chi connectivity index (χ0v) is 19.2. The summed E-state index contributed by atoms with van der Waals surface area (Å²) in [5.41, 5.74) is 5.14. The van der Waals surface area contributed by atoms with Gasteiger partial charge in [0.25, 0.3) is 0 Å². The first-order chi connectivity index (χ1) is 17.9. The number of para-hydroxylation sites is 2. The maximum absolute atomic E-state index is 4.90.